The Bertz CT molecular complexity index is 1160. The summed E-state index contributed by atoms with van der Waals surface area (Å²) in [6.45, 7) is 0. The Kier molecular flexibility index (Phi) is 4.38. The fourth-order valence-electron chi connectivity index (χ4n) is 3.56. The lowest BCUT2D eigenvalue weighted by Crippen LogP contribution is -2.06. The van der Waals surface area contributed by atoms with Crippen LogP contribution in [0.2, 0.25) is 0 Å². The van der Waals surface area contributed by atoms with Crippen molar-refractivity contribution < 1.29 is 30.7 Å². The van der Waals surface area contributed by atoms with Crippen molar-refractivity contribution in [1.82, 2.24) is 0 Å². The average molecular weight is 424 g/mol. The first-order valence-electron chi connectivity index (χ1n) is 8.75. The molecule has 2 aliphatic carbocycles. The summed E-state index contributed by atoms with van der Waals surface area (Å²) in [4.78, 5) is 0.0883. The zero-order chi connectivity index (χ0) is 21.1. The summed E-state index contributed by atoms with van der Waals surface area (Å²) < 4.78 is 85.7. The Morgan fingerprint density at radius 1 is 0.862 bits per heavy atom. The maximum atomic E-state index is 14.7. The summed E-state index contributed by atoms with van der Waals surface area (Å²) in [5, 5.41) is 0. The van der Waals surface area contributed by atoms with E-state index in [4.69, 9.17) is 0 Å². The van der Waals surface area contributed by atoms with Gasteiger partial charge in [0.05, 0.1) is 17.6 Å². The van der Waals surface area contributed by atoms with E-state index in [0.717, 1.165) is 26.2 Å². The molecule has 2 aliphatic rings. The molecule has 0 aromatic heterocycles. The van der Waals surface area contributed by atoms with Gasteiger partial charge in [-0.2, -0.15) is 8.78 Å². The largest absolute Gasteiger partial charge is 0.491 e. The van der Waals surface area contributed by atoms with Crippen LogP contribution in [0.5, 0.6) is 5.75 Å². The first kappa shape index (κ1) is 19.7. The molecule has 0 amide bonds. The van der Waals surface area contributed by atoms with E-state index in [0.29, 0.717) is 11.1 Å². The molecule has 4 rings (SSSR count). The first-order chi connectivity index (χ1) is 13.6. The van der Waals surface area contributed by atoms with E-state index in [1.165, 1.54) is 24.3 Å². The highest BCUT2D eigenvalue weighted by molar-refractivity contribution is 7.90. The van der Waals surface area contributed by atoms with Crippen LogP contribution >= 0.6 is 0 Å². The van der Waals surface area contributed by atoms with Crippen molar-refractivity contribution in [2.75, 3.05) is 13.4 Å². The smallest absolute Gasteiger partial charge is 0.204 e. The minimum atomic E-state index is -3.42. The predicted octanol–water partition coefficient (Wildman–Crippen LogP) is 4.92. The van der Waals surface area contributed by atoms with Crippen LogP contribution in [0, 0.1) is 28.7 Å². The van der Waals surface area contributed by atoms with Crippen LogP contribution in [0.3, 0.4) is 0 Å². The molecule has 0 unspecified atom stereocenters. The van der Waals surface area contributed by atoms with E-state index in [2.05, 4.69) is 4.74 Å². The standard InChI is InChI=1S/C21H16F4O3S/c1-28-20-18(24)16(22)15(17(23)19(20)25)14-10-21(7-8-21)9-13(14)11-3-5-12(6-4-11)29(2,26)27/h3-6,9-10H,7-8H2,1-2H3. The minimum Gasteiger partial charge on any atom is -0.491 e. The van der Waals surface area contributed by atoms with Crippen LogP contribution < -0.4 is 4.74 Å². The van der Waals surface area contributed by atoms with Gasteiger partial charge in [0.2, 0.25) is 11.6 Å². The molecule has 2 aromatic carbocycles. The summed E-state index contributed by atoms with van der Waals surface area (Å²) in [6, 6.07) is 5.76. The second kappa shape index (κ2) is 6.45. The summed E-state index contributed by atoms with van der Waals surface area (Å²) in [5.74, 6) is -7.41. The third-order valence-corrected chi connectivity index (χ3v) is 6.40. The molecular formula is C21H16F4O3S. The van der Waals surface area contributed by atoms with Gasteiger partial charge in [-0.15, -0.1) is 0 Å². The van der Waals surface area contributed by atoms with E-state index in [1.54, 1.807) is 12.2 Å². The Balaban J connectivity index is 1.88. The molecule has 0 saturated heterocycles. The topological polar surface area (TPSA) is 43.4 Å². The number of halogens is 4. The number of rotatable bonds is 4. The summed E-state index contributed by atoms with van der Waals surface area (Å²) >= 11 is 0. The number of hydrogen-bond donors (Lipinski definition) is 0. The highest BCUT2D eigenvalue weighted by atomic mass is 32.2. The van der Waals surface area contributed by atoms with Gasteiger partial charge < -0.3 is 4.74 Å². The van der Waals surface area contributed by atoms with Crippen molar-refractivity contribution in [3.63, 3.8) is 0 Å². The minimum absolute atomic E-state index is 0.0325. The van der Waals surface area contributed by atoms with Crippen LogP contribution in [0.25, 0.3) is 11.1 Å². The van der Waals surface area contributed by atoms with Crippen molar-refractivity contribution in [3.05, 3.63) is 70.8 Å². The fourth-order valence-corrected chi connectivity index (χ4v) is 4.19. The molecule has 2 aromatic rings. The quantitative estimate of drug-likeness (QED) is 0.517. The Morgan fingerprint density at radius 3 is 1.83 bits per heavy atom. The molecule has 152 valence electrons. The van der Waals surface area contributed by atoms with Crippen LogP contribution in [0.1, 0.15) is 24.0 Å². The van der Waals surface area contributed by atoms with Crippen molar-refractivity contribution in [2.45, 2.75) is 17.7 Å². The van der Waals surface area contributed by atoms with Gasteiger partial charge in [0, 0.05) is 11.7 Å². The molecule has 0 heterocycles. The van der Waals surface area contributed by atoms with Crippen molar-refractivity contribution in [3.8, 4) is 5.75 Å². The van der Waals surface area contributed by atoms with Gasteiger partial charge in [-0.3, -0.25) is 0 Å². The van der Waals surface area contributed by atoms with E-state index < -0.39 is 49.8 Å². The number of methoxy groups -OCH3 is 1. The second-order valence-corrected chi connectivity index (χ2v) is 9.33. The highest BCUT2D eigenvalue weighted by Crippen LogP contribution is 2.58. The Hall–Kier alpha value is -2.61. The molecule has 29 heavy (non-hydrogen) atoms. The van der Waals surface area contributed by atoms with Crippen LogP contribution in [-0.2, 0) is 9.84 Å². The number of sulfone groups is 1. The maximum Gasteiger partial charge on any atom is 0.204 e. The Morgan fingerprint density at radius 2 is 1.38 bits per heavy atom. The molecule has 0 N–H and O–H groups in total. The summed E-state index contributed by atoms with van der Waals surface area (Å²) in [5.41, 5.74) is -0.299. The Labute approximate surface area is 165 Å². The van der Waals surface area contributed by atoms with Crippen LogP contribution in [0.4, 0.5) is 17.6 Å². The SMILES string of the molecule is COc1c(F)c(F)c(C2=CC3(C=C2c2ccc(S(C)(=O)=O)cc2)CC3)c(F)c1F. The zero-order valence-electron chi connectivity index (χ0n) is 15.5. The van der Waals surface area contributed by atoms with Crippen LogP contribution in [0.15, 0.2) is 41.3 Å². The molecule has 1 saturated carbocycles. The van der Waals surface area contributed by atoms with Gasteiger partial charge in [0.1, 0.15) is 0 Å². The molecule has 0 atom stereocenters. The lowest BCUT2D eigenvalue weighted by molar-refractivity contribution is 0.331. The first-order valence-corrected chi connectivity index (χ1v) is 10.6. The number of allylic oxidation sites excluding steroid dienone is 4. The molecule has 1 spiro atoms. The molecular weight excluding hydrogens is 408 g/mol. The van der Waals surface area contributed by atoms with E-state index in [1.807, 2.05) is 0 Å². The number of benzene rings is 2. The van der Waals surface area contributed by atoms with Gasteiger partial charge in [0.25, 0.3) is 0 Å². The number of hydrogen-bond acceptors (Lipinski definition) is 3. The summed E-state index contributed by atoms with van der Waals surface area (Å²) in [6.07, 6.45) is 5.96. The van der Waals surface area contributed by atoms with Gasteiger partial charge in [-0.25, -0.2) is 17.2 Å². The van der Waals surface area contributed by atoms with Crippen molar-refractivity contribution in [1.29, 1.82) is 0 Å². The van der Waals surface area contributed by atoms with Crippen molar-refractivity contribution in [2.24, 2.45) is 5.41 Å². The molecule has 0 bridgehead atoms. The molecule has 8 heteroatoms. The van der Waals surface area contributed by atoms with Gasteiger partial charge >= 0.3 is 0 Å². The van der Waals surface area contributed by atoms with Gasteiger partial charge in [-0.1, -0.05) is 24.3 Å². The third-order valence-electron chi connectivity index (χ3n) is 5.27. The molecule has 3 nitrogen and oxygen atoms in total. The molecule has 0 aliphatic heterocycles. The predicted molar refractivity (Wildman–Crippen MR) is 100.0 cm³/mol. The van der Waals surface area contributed by atoms with Crippen LogP contribution in [-0.4, -0.2) is 21.8 Å². The number of ether oxygens (including phenoxy) is 1. The van der Waals surface area contributed by atoms with E-state index in [-0.39, 0.29) is 10.5 Å². The third kappa shape index (κ3) is 3.15. The lowest BCUT2D eigenvalue weighted by atomic mass is 9.94. The highest BCUT2D eigenvalue weighted by Gasteiger charge is 2.44. The van der Waals surface area contributed by atoms with Gasteiger partial charge in [-0.05, 0) is 41.7 Å². The second-order valence-electron chi connectivity index (χ2n) is 7.31. The normalized spacial score (nSPS) is 17.3. The molecule has 0 radical (unpaired) electrons. The monoisotopic (exact) mass is 424 g/mol. The zero-order valence-corrected chi connectivity index (χ0v) is 16.3. The maximum absolute atomic E-state index is 14.7. The molecule has 1 fully saturated rings. The van der Waals surface area contributed by atoms with Gasteiger partial charge in [0.15, 0.2) is 27.2 Å². The lowest BCUT2D eigenvalue weighted by Gasteiger charge is -2.15. The summed E-state index contributed by atoms with van der Waals surface area (Å²) in [7, 11) is -2.50. The van der Waals surface area contributed by atoms with E-state index in [9.17, 15) is 26.0 Å². The van der Waals surface area contributed by atoms with Crippen molar-refractivity contribution >= 4 is 21.0 Å². The average Bonchev–Trinajstić information content (AvgIpc) is 3.32. The fraction of sp³-hybridized carbons (Fsp3) is 0.238. The van der Waals surface area contributed by atoms with E-state index >= 15 is 0 Å².